The second kappa shape index (κ2) is 7.00. The van der Waals surface area contributed by atoms with Gasteiger partial charge in [0, 0.05) is 15.5 Å². The smallest absolute Gasteiger partial charge is 0.338 e. The topological polar surface area (TPSA) is 89.6 Å². The predicted octanol–water partition coefficient (Wildman–Crippen LogP) is 3.29. The molecule has 2 rings (SSSR count). The molecule has 2 aromatic rings. The van der Waals surface area contributed by atoms with E-state index in [1.165, 1.54) is 23.9 Å². The highest BCUT2D eigenvalue weighted by molar-refractivity contribution is 7.99. The van der Waals surface area contributed by atoms with Gasteiger partial charge < -0.3 is 15.6 Å². The van der Waals surface area contributed by atoms with Crippen LogP contribution in [0, 0.1) is 0 Å². The lowest BCUT2D eigenvalue weighted by Crippen LogP contribution is -2.11. The summed E-state index contributed by atoms with van der Waals surface area (Å²) >= 11 is 1.39. The molecule has 2 aromatic carbocycles. The normalized spacial score (nSPS) is 10.2. The molecule has 0 saturated carbocycles. The number of anilines is 1. The third-order valence-electron chi connectivity index (χ3n) is 2.83. The minimum absolute atomic E-state index is 0.0519. The fourth-order valence-electron chi connectivity index (χ4n) is 1.82. The highest BCUT2D eigenvalue weighted by atomic mass is 32.2. The number of ether oxygens (including phenoxy) is 1. The minimum Gasteiger partial charge on any atom is -0.478 e. The third-order valence-corrected chi connectivity index (χ3v) is 3.83. The number of aromatic carboxylic acids is 1. The van der Waals surface area contributed by atoms with Gasteiger partial charge in [0.15, 0.2) is 0 Å². The number of nitrogens with two attached hydrogens (primary N) is 1. The van der Waals surface area contributed by atoms with Gasteiger partial charge in [-0.15, -0.1) is 0 Å². The van der Waals surface area contributed by atoms with E-state index < -0.39 is 11.9 Å². The van der Waals surface area contributed by atoms with Crippen molar-refractivity contribution in [1.29, 1.82) is 0 Å². The zero-order valence-corrected chi connectivity index (χ0v) is 12.7. The summed E-state index contributed by atoms with van der Waals surface area (Å²) in [6.07, 6.45) is 0. The zero-order chi connectivity index (χ0) is 16.1. The number of hydrogen-bond donors (Lipinski definition) is 2. The SMILES string of the molecule is CCOC(=O)c1ccc(Sc2ccc(N)cc2)cc1C(=O)O. The van der Waals surface area contributed by atoms with Crippen molar-refractivity contribution < 1.29 is 19.4 Å². The number of carboxylic acids is 1. The highest BCUT2D eigenvalue weighted by Gasteiger charge is 2.18. The fraction of sp³-hybridized carbons (Fsp3) is 0.125. The molecular formula is C16H15NO4S. The summed E-state index contributed by atoms with van der Waals surface area (Å²) in [7, 11) is 0. The van der Waals surface area contributed by atoms with Gasteiger partial charge in [-0.3, -0.25) is 0 Å². The summed E-state index contributed by atoms with van der Waals surface area (Å²) in [4.78, 5) is 24.8. The maximum atomic E-state index is 11.8. The number of nitrogen functional groups attached to an aromatic ring is 1. The fourth-order valence-corrected chi connectivity index (χ4v) is 2.68. The summed E-state index contributed by atoms with van der Waals surface area (Å²) in [5.74, 6) is -1.80. The highest BCUT2D eigenvalue weighted by Crippen LogP contribution is 2.30. The Kier molecular flexibility index (Phi) is 5.06. The zero-order valence-electron chi connectivity index (χ0n) is 11.9. The number of hydrogen-bond acceptors (Lipinski definition) is 5. The van der Waals surface area contributed by atoms with Gasteiger partial charge in [0.1, 0.15) is 0 Å². The molecule has 0 bridgehead atoms. The van der Waals surface area contributed by atoms with Crippen LogP contribution in [-0.4, -0.2) is 23.7 Å². The van der Waals surface area contributed by atoms with E-state index in [9.17, 15) is 14.7 Å². The number of benzene rings is 2. The van der Waals surface area contributed by atoms with Crippen LogP contribution in [0.2, 0.25) is 0 Å². The van der Waals surface area contributed by atoms with Gasteiger partial charge in [-0.1, -0.05) is 11.8 Å². The number of esters is 1. The lowest BCUT2D eigenvalue weighted by Gasteiger charge is -2.08. The summed E-state index contributed by atoms with van der Waals surface area (Å²) < 4.78 is 4.87. The Morgan fingerprint density at radius 3 is 2.32 bits per heavy atom. The van der Waals surface area contributed by atoms with Crippen LogP contribution in [0.5, 0.6) is 0 Å². The van der Waals surface area contributed by atoms with Crippen molar-refractivity contribution >= 4 is 29.4 Å². The second-order valence-electron chi connectivity index (χ2n) is 4.40. The first-order chi connectivity index (χ1) is 10.5. The number of carboxylic acid groups (broad SMARTS) is 1. The molecule has 0 atom stereocenters. The van der Waals surface area contributed by atoms with Crippen molar-refractivity contribution in [2.75, 3.05) is 12.3 Å². The van der Waals surface area contributed by atoms with Crippen molar-refractivity contribution in [3.63, 3.8) is 0 Å². The Labute approximate surface area is 132 Å². The molecule has 0 unspecified atom stereocenters. The van der Waals surface area contributed by atoms with Gasteiger partial charge in [0.05, 0.1) is 17.7 Å². The Hall–Kier alpha value is -2.47. The van der Waals surface area contributed by atoms with Crippen LogP contribution in [-0.2, 0) is 4.74 Å². The number of carbonyl (C=O) groups is 2. The Bertz CT molecular complexity index is 698. The van der Waals surface area contributed by atoms with Crippen LogP contribution < -0.4 is 5.73 Å². The van der Waals surface area contributed by atoms with E-state index in [4.69, 9.17) is 10.5 Å². The Morgan fingerprint density at radius 1 is 1.09 bits per heavy atom. The van der Waals surface area contributed by atoms with E-state index in [-0.39, 0.29) is 17.7 Å². The molecular weight excluding hydrogens is 302 g/mol. The molecule has 0 amide bonds. The second-order valence-corrected chi connectivity index (χ2v) is 5.55. The largest absolute Gasteiger partial charge is 0.478 e. The Balaban J connectivity index is 2.31. The van der Waals surface area contributed by atoms with Crippen LogP contribution >= 0.6 is 11.8 Å². The molecule has 0 radical (unpaired) electrons. The summed E-state index contributed by atoms with van der Waals surface area (Å²) in [5, 5.41) is 9.28. The molecule has 0 aliphatic heterocycles. The van der Waals surface area contributed by atoms with Gasteiger partial charge in [-0.25, -0.2) is 9.59 Å². The van der Waals surface area contributed by atoms with Crippen molar-refractivity contribution in [1.82, 2.24) is 0 Å². The average molecular weight is 317 g/mol. The quantitative estimate of drug-likeness (QED) is 0.649. The molecule has 0 aromatic heterocycles. The molecule has 0 heterocycles. The van der Waals surface area contributed by atoms with Crippen molar-refractivity contribution in [3.8, 4) is 0 Å². The molecule has 0 aliphatic rings. The van der Waals surface area contributed by atoms with E-state index in [2.05, 4.69) is 0 Å². The molecule has 5 nitrogen and oxygen atoms in total. The van der Waals surface area contributed by atoms with Crippen molar-refractivity contribution in [2.24, 2.45) is 0 Å². The summed E-state index contributed by atoms with van der Waals surface area (Å²) in [5.41, 5.74) is 6.27. The van der Waals surface area contributed by atoms with Gasteiger partial charge >= 0.3 is 11.9 Å². The molecule has 0 fully saturated rings. The van der Waals surface area contributed by atoms with Crippen molar-refractivity contribution in [3.05, 3.63) is 53.6 Å². The van der Waals surface area contributed by atoms with Crippen LogP contribution in [0.3, 0.4) is 0 Å². The maximum Gasteiger partial charge on any atom is 0.338 e. The third kappa shape index (κ3) is 3.79. The van der Waals surface area contributed by atoms with E-state index in [1.807, 2.05) is 12.1 Å². The molecule has 0 aliphatic carbocycles. The first kappa shape index (κ1) is 15.9. The van der Waals surface area contributed by atoms with Gasteiger partial charge in [-0.05, 0) is 49.4 Å². The minimum atomic E-state index is -1.16. The van der Waals surface area contributed by atoms with Crippen LogP contribution in [0.1, 0.15) is 27.6 Å². The summed E-state index contributed by atoms with van der Waals surface area (Å²) in [6.45, 7) is 1.86. The van der Waals surface area contributed by atoms with Crippen LogP contribution in [0.25, 0.3) is 0 Å². The van der Waals surface area contributed by atoms with E-state index in [1.54, 1.807) is 25.1 Å². The predicted molar refractivity (Wildman–Crippen MR) is 84.3 cm³/mol. The summed E-state index contributed by atoms with van der Waals surface area (Å²) in [6, 6.07) is 11.9. The van der Waals surface area contributed by atoms with Crippen LogP contribution in [0.15, 0.2) is 52.3 Å². The van der Waals surface area contributed by atoms with Crippen LogP contribution in [0.4, 0.5) is 5.69 Å². The lowest BCUT2D eigenvalue weighted by molar-refractivity contribution is 0.0514. The van der Waals surface area contributed by atoms with E-state index in [0.717, 1.165) is 9.79 Å². The molecule has 6 heteroatoms. The van der Waals surface area contributed by atoms with Gasteiger partial charge in [-0.2, -0.15) is 0 Å². The molecule has 114 valence electrons. The molecule has 3 N–H and O–H groups in total. The molecule has 22 heavy (non-hydrogen) atoms. The molecule has 0 spiro atoms. The maximum absolute atomic E-state index is 11.8. The average Bonchev–Trinajstić information content (AvgIpc) is 2.49. The molecule has 0 saturated heterocycles. The first-order valence-electron chi connectivity index (χ1n) is 6.59. The van der Waals surface area contributed by atoms with Gasteiger partial charge in [0.2, 0.25) is 0 Å². The monoisotopic (exact) mass is 317 g/mol. The number of rotatable bonds is 5. The number of carbonyl (C=O) groups excluding carboxylic acids is 1. The van der Waals surface area contributed by atoms with Gasteiger partial charge in [0.25, 0.3) is 0 Å². The van der Waals surface area contributed by atoms with Crippen molar-refractivity contribution in [2.45, 2.75) is 16.7 Å². The lowest BCUT2D eigenvalue weighted by atomic mass is 10.1. The first-order valence-corrected chi connectivity index (χ1v) is 7.40. The Morgan fingerprint density at radius 2 is 1.73 bits per heavy atom. The standard InChI is InChI=1S/C16H15NO4S/c1-2-21-16(20)13-8-7-12(9-14(13)15(18)19)22-11-5-3-10(17)4-6-11/h3-9H,2,17H2,1H3,(H,18,19). The van der Waals surface area contributed by atoms with E-state index in [0.29, 0.717) is 5.69 Å². The van der Waals surface area contributed by atoms with E-state index >= 15 is 0 Å².